The molecule has 0 spiro atoms. The van der Waals surface area contributed by atoms with E-state index in [2.05, 4.69) is 25.9 Å². The van der Waals surface area contributed by atoms with Crippen LogP contribution in [0.4, 0.5) is 0 Å². The van der Waals surface area contributed by atoms with E-state index in [0.717, 1.165) is 6.42 Å². The van der Waals surface area contributed by atoms with Crippen LogP contribution < -0.4 is 10.6 Å². The number of guanidine groups is 1. The number of amides is 2. The van der Waals surface area contributed by atoms with Crippen LogP contribution in [0.2, 0.25) is 0 Å². The summed E-state index contributed by atoms with van der Waals surface area (Å²) in [6.07, 6.45) is 4.11. The number of rotatable bonds is 4. The first-order valence-corrected chi connectivity index (χ1v) is 4.76. The van der Waals surface area contributed by atoms with Gasteiger partial charge in [-0.05, 0) is 6.42 Å². The lowest BCUT2D eigenvalue weighted by Crippen LogP contribution is -2.26. The zero-order chi connectivity index (χ0) is 11.4. The molecule has 0 unspecified atom stereocenters. The van der Waals surface area contributed by atoms with Crippen LogP contribution >= 0.6 is 0 Å². The fourth-order valence-electron chi connectivity index (χ4n) is 1.21. The first kappa shape index (κ1) is 10.3. The van der Waals surface area contributed by atoms with Gasteiger partial charge in [-0.15, -0.1) is 5.10 Å². The number of aromatic nitrogens is 3. The Morgan fingerprint density at radius 2 is 2.06 bits per heavy atom. The molecule has 1 aliphatic rings. The fraction of sp³-hybridized carbons (Fsp3) is 0.375. The molecular formula is C8H10N6O2. The number of hydrogen-bond donors (Lipinski definition) is 2. The molecule has 2 rings (SSSR count). The zero-order valence-electron chi connectivity index (χ0n) is 8.38. The van der Waals surface area contributed by atoms with Gasteiger partial charge in [0.25, 0.3) is 0 Å². The highest BCUT2D eigenvalue weighted by Gasteiger charge is 2.24. The first-order chi connectivity index (χ1) is 7.75. The molecule has 0 aliphatic carbocycles. The molecule has 2 N–H and O–H groups in total. The molecule has 8 nitrogen and oxygen atoms in total. The molecule has 1 fully saturated rings. The van der Waals surface area contributed by atoms with E-state index in [-0.39, 0.29) is 5.96 Å². The molecule has 1 aromatic rings. The van der Waals surface area contributed by atoms with Crippen LogP contribution in [0.25, 0.3) is 0 Å². The Balaban J connectivity index is 1.74. The quantitative estimate of drug-likeness (QED) is 0.467. The van der Waals surface area contributed by atoms with Crippen LogP contribution in [-0.2, 0) is 16.1 Å². The summed E-state index contributed by atoms with van der Waals surface area (Å²) in [5.74, 6) is -1.13. The number of aryl methyl sites for hydroxylation is 1. The number of nitrogens with zero attached hydrogens (tertiary/aromatic N) is 4. The smallest absolute Gasteiger partial charge is 0.288 e. The second-order valence-electron chi connectivity index (χ2n) is 3.16. The predicted molar refractivity (Wildman–Crippen MR) is 53.2 cm³/mol. The molecule has 1 saturated heterocycles. The minimum atomic E-state index is -0.671. The predicted octanol–water partition coefficient (Wildman–Crippen LogP) is -1.73. The number of carbonyl (C=O) groups is 2. The maximum Gasteiger partial charge on any atom is 0.316 e. The van der Waals surface area contributed by atoms with E-state index in [4.69, 9.17) is 0 Å². The standard InChI is InChI=1S/C8H10N6O2/c15-6-7(16)12-8(11-6)9-2-1-4-14-5-3-10-13-14/h3,5H,1-2,4H2,(H2,9,11,12,15,16). The average molecular weight is 222 g/mol. The van der Waals surface area contributed by atoms with Crippen molar-refractivity contribution in [2.45, 2.75) is 13.0 Å². The van der Waals surface area contributed by atoms with E-state index in [0.29, 0.717) is 13.1 Å². The molecule has 8 heteroatoms. The van der Waals surface area contributed by atoms with Gasteiger partial charge in [-0.1, -0.05) is 5.21 Å². The van der Waals surface area contributed by atoms with E-state index < -0.39 is 11.8 Å². The van der Waals surface area contributed by atoms with Gasteiger partial charge in [0.2, 0.25) is 5.96 Å². The summed E-state index contributed by atoms with van der Waals surface area (Å²) in [6.45, 7) is 1.19. The van der Waals surface area contributed by atoms with Gasteiger partial charge in [0.05, 0.1) is 6.20 Å². The summed E-state index contributed by atoms with van der Waals surface area (Å²) in [7, 11) is 0. The zero-order valence-corrected chi connectivity index (χ0v) is 8.38. The lowest BCUT2D eigenvalue weighted by Gasteiger charge is -1.98. The van der Waals surface area contributed by atoms with Crippen LogP contribution in [0.3, 0.4) is 0 Å². The topological polar surface area (TPSA) is 101 Å². The second kappa shape index (κ2) is 4.51. The van der Waals surface area contributed by atoms with Crippen molar-refractivity contribution in [1.82, 2.24) is 25.6 Å². The monoisotopic (exact) mass is 222 g/mol. The van der Waals surface area contributed by atoms with Crippen LogP contribution in [0.5, 0.6) is 0 Å². The number of hydrogen-bond acceptors (Lipinski definition) is 5. The first-order valence-electron chi connectivity index (χ1n) is 4.76. The minimum absolute atomic E-state index is 0.216. The Bertz CT molecular complexity index is 406. The highest BCUT2D eigenvalue weighted by molar-refractivity contribution is 6.45. The van der Waals surface area contributed by atoms with Crippen molar-refractivity contribution < 1.29 is 9.59 Å². The van der Waals surface area contributed by atoms with Gasteiger partial charge >= 0.3 is 11.8 Å². The van der Waals surface area contributed by atoms with Gasteiger partial charge in [0.1, 0.15) is 0 Å². The molecule has 16 heavy (non-hydrogen) atoms. The summed E-state index contributed by atoms with van der Waals surface area (Å²) >= 11 is 0. The largest absolute Gasteiger partial charge is 0.316 e. The molecule has 2 amide bonds. The van der Waals surface area contributed by atoms with E-state index in [1.807, 2.05) is 0 Å². The van der Waals surface area contributed by atoms with Crippen LogP contribution in [0.1, 0.15) is 6.42 Å². The third-order valence-corrected chi connectivity index (χ3v) is 1.96. The van der Waals surface area contributed by atoms with Gasteiger partial charge in [0, 0.05) is 19.3 Å². The minimum Gasteiger partial charge on any atom is -0.288 e. The molecular weight excluding hydrogens is 212 g/mol. The van der Waals surface area contributed by atoms with Crippen LogP contribution in [0.15, 0.2) is 17.4 Å². The Morgan fingerprint density at radius 3 is 2.69 bits per heavy atom. The average Bonchev–Trinajstić information content (AvgIpc) is 2.85. The molecule has 1 aromatic heterocycles. The molecule has 0 radical (unpaired) electrons. The molecule has 0 saturated carbocycles. The summed E-state index contributed by atoms with van der Waals surface area (Å²) in [5, 5.41) is 12.1. The SMILES string of the molecule is O=C1NC(=NCCCn2ccnn2)NC1=O. The molecule has 84 valence electrons. The van der Waals surface area contributed by atoms with Crippen molar-refractivity contribution in [3.63, 3.8) is 0 Å². The van der Waals surface area contributed by atoms with Crippen molar-refractivity contribution in [2.24, 2.45) is 4.99 Å². The van der Waals surface area contributed by atoms with Crippen molar-refractivity contribution >= 4 is 17.8 Å². The fourth-order valence-corrected chi connectivity index (χ4v) is 1.21. The van der Waals surface area contributed by atoms with Crippen molar-refractivity contribution in [3.8, 4) is 0 Å². The Hall–Kier alpha value is -2.25. The molecule has 0 atom stereocenters. The van der Waals surface area contributed by atoms with E-state index in [1.165, 1.54) is 0 Å². The van der Waals surface area contributed by atoms with Crippen LogP contribution in [-0.4, -0.2) is 39.3 Å². The highest BCUT2D eigenvalue weighted by atomic mass is 16.2. The lowest BCUT2D eigenvalue weighted by atomic mass is 10.4. The maximum absolute atomic E-state index is 10.8. The number of carbonyl (C=O) groups excluding carboxylic acids is 2. The summed E-state index contributed by atoms with van der Waals surface area (Å²) in [4.78, 5) is 25.6. The third-order valence-electron chi connectivity index (χ3n) is 1.96. The maximum atomic E-state index is 10.8. The van der Waals surface area contributed by atoms with Gasteiger partial charge in [-0.3, -0.25) is 29.9 Å². The third kappa shape index (κ3) is 2.41. The van der Waals surface area contributed by atoms with Crippen LogP contribution in [0, 0.1) is 0 Å². The lowest BCUT2D eigenvalue weighted by molar-refractivity contribution is -0.135. The highest BCUT2D eigenvalue weighted by Crippen LogP contribution is 1.90. The van der Waals surface area contributed by atoms with Gasteiger partial charge in [0.15, 0.2) is 0 Å². The van der Waals surface area contributed by atoms with E-state index >= 15 is 0 Å². The van der Waals surface area contributed by atoms with Crippen molar-refractivity contribution in [3.05, 3.63) is 12.4 Å². The normalized spacial score (nSPS) is 14.9. The summed E-state index contributed by atoms with van der Waals surface area (Å²) < 4.78 is 1.69. The molecule has 2 heterocycles. The molecule has 0 bridgehead atoms. The number of nitrogens with one attached hydrogen (secondary N) is 2. The van der Waals surface area contributed by atoms with Gasteiger partial charge in [-0.2, -0.15) is 0 Å². The van der Waals surface area contributed by atoms with E-state index in [1.54, 1.807) is 17.1 Å². The number of aliphatic imine (C=N–C) groups is 1. The summed E-state index contributed by atoms with van der Waals surface area (Å²) in [6, 6.07) is 0. The van der Waals surface area contributed by atoms with E-state index in [9.17, 15) is 9.59 Å². The Kier molecular flexibility index (Phi) is 2.90. The van der Waals surface area contributed by atoms with Crippen molar-refractivity contribution in [1.29, 1.82) is 0 Å². The van der Waals surface area contributed by atoms with Gasteiger partial charge in [-0.25, -0.2) is 0 Å². The second-order valence-corrected chi connectivity index (χ2v) is 3.16. The summed E-state index contributed by atoms with van der Waals surface area (Å²) in [5.41, 5.74) is 0. The molecule has 1 aliphatic heterocycles. The molecule has 0 aromatic carbocycles. The van der Waals surface area contributed by atoms with Gasteiger partial charge < -0.3 is 0 Å². The Labute approximate surface area is 90.7 Å². The van der Waals surface area contributed by atoms with Crippen molar-refractivity contribution in [2.75, 3.05) is 6.54 Å². The Morgan fingerprint density at radius 1 is 1.31 bits per heavy atom.